The molecule has 0 bridgehead atoms. The minimum Gasteiger partial charge on any atom is -0.396 e. The molecule has 1 aliphatic rings. The summed E-state index contributed by atoms with van der Waals surface area (Å²) in [4.78, 5) is 11.2. The lowest BCUT2D eigenvalue weighted by molar-refractivity contribution is -0.122. The van der Waals surface area contributed by atoms with E-state index in [0.29, 0.717) is 19.3 Å². The van der Waals surface area contributed by atoms with Gasteiger partial charge in [-0.3, -0.25) is 4.79 Å². The molecule has 1 amide bonds. The highest BCUT2D eigenvalue weighted by Gasteiger charge is 2.22. The fraction of sp³-hybridized carbons (Fsp3) is 0.900. The minimum absolute atomic E-state index is 0.0375. The van der Waals surface area contributed by atoms with E-state index >= 15 is 0 Å². The van der Waals surface area contributed by atoms with Crippen molar-refractivity contribution in [3.8, 4) is 0 Å². The average Bonchev–Trinajstić information content (AvgIpc) is 2.39. The van der Waals surface area contributed by atoms with Crippen LogP contribution in [-0.2, 0) is 4.79 Å². The molecule has 0 radical (unpaired) electrons. The average molecular weight is 201 g/mol. The summed E-state index contributed by atoms with van der Waals surface area (Å²) in [6, 6.07) is -0.114. The van der Waals surface area contributed by atoms with Gasteiger partial charge in [-0.05, 0) is 25.7 Å². The fourth-order valence-electron chi connectivity index (χ4n) is 1.79. The molecule has 1 rings (SSSR count). The van der Waals surface area contributed by atoms with Crippen molar-refractivity contribution in [3.63, 3.8) is 0 Å². The maximum atomic E-state index is 11.2. The number of aliphatic hydroxyl groups excluding tert-OH is 2. The SMILES string of the molecule is O=C1CCCCC(C(O)CCCO)N1. The third kappa shape index (κ3) is 3.64. The molecule has 0 aromatic heterocycles. The molecule has 82 valence electrons. The van der Waals surface area contributed by atoms with Crippen molar-refractivity contribution >= 4 is 5.91 Å². The van der Waals surface area contributed by atoms with Gasteiger partial charge in [0.25, 0.3) is 0 Å². The third-order valence-electron chi connectivity index (χ3n) is 2.64. The summed E-state index contributed by atoms with van der Waals surface area (Å²) in [7, 11) is 0. The molecule has 1 saturated heterocycles. The molecule has 14 heavy (non-hydrogen) atoms. The van der Waals surface area contributed by atoms with Crippen LogP contribution >= 0.6 is 0 Å². The number of aliphatic hydroxyl groups is 2. The summed E-state index contributed by atoms with van der Waals surface area (Å²) in [6.07, 6.45) is 3.95. The lowest BCUT2D eigenvalue weighted by Crippen LogP contribution is -2.42. The van der Waals surface area contributed by atoms with Crippen LogP contribution in [0.3, 0.4) is 0 Å². The van der Waals surface area contributed by atoms with Crippen molar-refractivity contribution < 1.29 is 15.0 Å². The molecule has 4 nitrogen and oxygen atoms in total. The Morgan fingerprint density at radius 1 is 1.50 bits per heavy atom. The van der Waals surface area contributed by atoms with Crippen LogP contribution in [0.4, 0.5) is 0 Å². The summed E-state index contributed by atoms with van der Waals surface area (Å²) in [5.74, 6) is 0.0375. The fourth-order valence-corrected chi connectivity index (χ4v) is 1.79. The van der Waals surface area contributed by atoms with E-state index < -0.39 is 6.10 Å². The van der Waals surface area contributed by atoms with Gasteiger partial charge in [-0.15, -0.1) is 0 Å². The molecule has 4 heteroatoms. The highest BCUT2D eigenvalue weighted by molar-refractivity contribution is 5.76. The highest BCUT2D eigenvalue weighted by atomic mass is 16.3. The zero-order valence-electron chi connectivity index (χ0n) is 8.41. The van der Waals surface area contributed by atoms with E-state index in [0.717, 1.165) is 19.3 Å². The number of nitrogens with one attached hydrogen (secondary N) is 1. The van der Waals surface area contributed by atoms with E-state index in [4.69, 9.17) is 5.11 Å². The normalized spacial score (nSPS) is 25.3. The van der Waals surface area contributed by atoms with Gasteiger partial charge in [0, 0.05) is 13.0 Å². The van der Waals surface area contributed by atoms with Crippen molar-refractivity contribution in [1.29, 1.82) is 0 Å². The Hall–Kier alpha value is -0.610. The third-order valence-corrected chi connectivity index (χ3v) is 2.64. The van der Waals surface area contributed by atoms with Gasteiger partial charge in [0.05, 0.1) is 12.1 Å². The molecular formula is C10H19NO3. The first-order valence-corrected chi connectivity index (χ1v) is 5.32. The smallest absolute Gasteiger partial charge is 0.220 e. The quantitative estimate of drug-likeness (QED) is 0.607. The zero-order valence-corrected chi connectivity index (χ0v) is 8.41. The van der Waals surface area contributed by atoms with Crippen LogP contribution in [0.2, 0.25) is 0 Å². The second kappa shape index (κ2) is 5.98. The Labute approximate surface area is 84.3 Å². The van der Waals surface area contributed by atoms with Crippen molar-refractivity contribution in [3.05, 3.63) is 0 Å². The lowest BCUT2D eigenvalue weighted by Gasteiger charge is -2.21. The van der Waals surface area contributed by atoms with Crippen molar-refractivity contribution in [2.75, 3.05) is 6.61 Å². The molecule has 0 aromatic rings. The largest absolute Gasteiger partial charge is 0.396 e. The number of carbonyl (C=O) groups excluding carboxylic acids is 1. The standard InChI is InChI=1S/C10H19NO3/c12-7-3-5-9(13)8-4-1-2-6-10(14)11-8/h8-9,12-13H,1-7H2,(H,11,14). The Morgan fingerprint density at radius 3 is 3.00 bits per heavy atom. The molecule has 2 atom stereocenters. The summed E-state index contributed by atoms with van der Waals surface area (Å²) in [6.45, 7) is 0.0950. The summed E-state index contributed by atoms with van der Waals surface area (Å²) >= 11 is 0. The molecule has 0 aliphatic carbocycles. The van der Waals surface area contributed by atoms with E-state index in [1.165, 1.54) is 0 Å². The van der Waals surface area contributed by atoms with Crippen LogP contribution in [0.5, 0.6) is 0 Å². The van der Waals surface area contributed by atoms with E-state index in [2.05, 4.69) is 5.32 Å². The first-order valence-electron chi connectivity index (χ1n) is 5.32. The molecular weight excluding hydrogens is 182 g/mol. The predicted octanol–water partition coefficient (Wildman–Crippen LogP) is 0.179. The Kier molecular flexibility index (Phi) is 4.90. The van der Waals surface area contributed by atoms with Crippen molar-refractivity contribution in [2.45, 2.75) is 50.7 Å². The topological polar surface area (TPSA) is 69.6 Å². The lowest BCUT2D eigenvalue weighted by atomic mass is 10.0. The Balaban J connectivity index is 2.36. The van der Waals surface area contributed by atoms with Gasteiger partial charge in [0.2, 0.25) is 5.91 Å². The van der Waals surface area contributed by atoms with E-state index in [1.54, 1.807) is 0 Å². The van der Waals surface area contributed by atoms with Crippen LogP contribution in [-0.4, -0.2) is 34.9 Å². The zero-order chi connectivity index (χ0) is 10.4. The first kappa shape index (κ1) is 11.5. The summed E-state index contributed by atoms with van der Waals surface area (Å²) in [5.41, 5.74) is 0. The van der Waals surface area contributed by atoms with E-state index in [-0.39, 0.29) is 18.6 Å². The maximum Gasteiger partial charge on any atom is 0.220 e. The number of rotatable bonds is 4. The van der Waals surface area contributed by atoms with Gasteiger partial charge in [0.1, 0.15) is 0 Å². The molecule has 1 heterocycles. The monoisotopic (exact) mass is 201 g/mol. The molecule has 1 aliphatic heterocycles. The van der Waals surface area contributed by atoms with Crippen molar-refractivity contribution in [1.82, 2.24) is 5.32 Å². The van der Waals surface area contributed by atoms with Crippen LogP contribution in [0.1, 0.15) is 38.5 Å². The van der Waals surface area contributed by atoms with Gasteiger partial charge in [-0.25, -0.2) is 0 Å². The number of hydrogen-bond acceptors (Lipinski definition) is 3. The van der Waals surface area contributed by atoms with Gasteiger partial charge >= 0.3 is 0 Å². The predicted molar refractivity (Wildman–Crippen MR) is 52.7 cm³/mol. The molecule has 1 fully saturated rings. The van der Waals surface area contributed by atoms with Gasteiger partial charge in [-0.2, -0.15) is 0 Å². The Bertz CT molecular complexity index is 184. The van der Waals surface area contributed by atoms with E-state index in [1.807, 2.05) is 0 Å². The van der Waals surface area contributed by atoms with Crippen LogP contribution in [0.15, 0.2) is 0 Å². The molecule has 2 unspecified atom stereocenters. The highest BCUT2D eigenvalue weighted by Crippen LogP contribution is 2.14. The number of hydrogen-bond donors (Lipinski definition) is 3. The van der Waals surface area contributed by atoms with Crippen LogP contribution < -0.4 is 5.32 Å². The minimum atomic E-state index is -0.510. The van der Waals surface area contributed by atoms with Crippen LogP contribution in [0, 0.1) is 0 Å². The number of carbonyl (C=O) groups is 1. The molecule has 0 saturated carbocycles. The molecule has 3 N–H and O–H groups in total. The first-order chi connectivity index (χ1) is 6.74. The maximum absolute atomic E-state index is 11.2. The van der Waals surface area contributed by atoms with Gasteiger partial charge in [0.15, 0.2) is 0 Å². The summed E-state index contributed by atoms with van der Waals surface area (Å²) in [5, 5.41) is 21.2. The molecule has 0 spiro atoms. The number of amides is 1. The second-order valence-corrected chi connectivity index (χ2v) is 3.85. The van der Waals surface area contributed by atoms with Gasteiger partial charge < -0.3 is 15.5 Å². The van der Waals surface area contributed by atoms with Crippen LogP contribution in [0.25, 0.3) is 0 Å². The van der Waals surface area contributed by atoms with Gasteiger partial charge in [-0.1, -0.05) is 6.42 Å². The second-order valence-electron chi connectivity index (χ2n) is 3.85. The Morgan fingerprint density at radius 2 is 2.29 bits per heavy atom. The van der Waals surface area contributed by atoms with Crippen molar-refractivity contribution in [2.24, 2.45) is 0 Å². The molecule has 0 aromatic carbocycles. The van der Waals surface area contributed by atoms with E-state index in [9.17, 15) is 9.90 Å². The summed E-state index contributed by atoms with van der Waals surface area (Å²) < 4.78 is 0.